The minimum atomic E-state index is -0.100. The van der Waals surface area contributed by atoms with Crippen LogP contribution < -0.4 is 10.2 Å². The lowest BCUT2D eigenvalue weighted by atomic mass is 9.87. The first kappa shape index (κ1) is 13.9. The zero-order valence-corrected chi connectivity index (χ0v) is 12.5. The summed E-state index contributed by atoms with van der Waals surface area (Å²) in [5.74, 6) is 0. The quantitative estimate of drug-likeness (QED) is 0.924. The number of amides is 2. The summed E-state index contributed by atoms with van der Waals surface area (Å²) in [7, 11) is 2.01. The molecule has 0 atom stereocenters. The maximum Gasteiger partial charge on any atom is 0.322 e. The van der Waals surface area contributed by atoms with Crippen molar-refractivity contribution in [3.05, 3.63) is 43.1 Å². The number of piperidine rings is 1. The lowest BCUT2D eigenvalue weighted by Crippen LogP contribution is -2.56. The first-order valence-corrected chi connectivity index (χ1v) is 7.40. The Balaban J connectivity index is 1.81. The Kier molecular flexibility index (Phi) is 3.59. The number of urea groups is 1. The van der Waals surface area contributed by atoms with Gasteiger partial charge in [-0.15, -0.1) is 0 Å². The highest BCUT2D eigenvalue weighted by Gasteiger charge is 2.48. The molecule has 0 aromatic heterocycles. The number of hydrogen-bond acceptors (Lipinski definition) is 3. The van der Waals surface area contributed by atoms with Crippen LogP contribution in [0.2, 0.25) is 0 Å². The molecule has 2 fully saturated rings. The van der Waals surface area contributed by atoms with Crippen LogP contribution in [0.15, 0.2) is 43.1 Å². The molecule has 5 heteroatoms. The molecule has 2 amide bonds. The van der Waals surface area contributed by atoms with Gasteiger partial charge in [0.1, 0.15) is 0 Å². The summed E-state index contributed by atoms with van der Waals surface area (Å²) in [6, 6.07) is 9.98. The maximum absolute atomic E-state index is 12.3. The molecule has 1 aromatic rings. The average Bonchev–Trinajstić information content (AvgIpc) is 2.84. The van der Waals surface area contributed by atoms with E-state index in [2.05, 4.69) is 16.9 Å². The first-order valence-electron chi connectivity index (χ1n) is 7.40. The number of rotatable bonds is 3. The molecule has 2 heterocycles. The van der Waals surface area contributed by atoms with Crippen molar-refractivity contribution in [3.8, 4) is 0 Å². The molecule has 0 radical (unpaired) electrons. The third-order valence-electron chi connectivity index (χ3n) is 4.64. The Labute approximate surface area is 125 Å². The second-order valence-electron chi connectivity index (χ2n) is 5.76. The molecule has 2 aliphatic rings. The molecule has 21 heavy (non-hydrogen) atoms. The van der Waals surface area contributed by atoms with Crippen LogP contribution >= 0.6 is 0 Å². The van der Waals surface area contributed by atoms with Gasteiger partial charge in [-0.3, -0.25) is 4.90 Å². The van der Waals surface area contributed by atoms with Crippen LogP contribution in [0.3, 0.4) is 0 Å². The summed E-state index contributed by atoms with van der Waals surface area (Å²) >= 11 is 0. The fourth-order valence-corrected chi connectivity index (χ4v) is 3.32. The highest BCUT2D eigenvalue weighted by Crippen LogP contribution is 2.36. The van der Waals surface area contributed by atoms with Crippen molar-refractivity contribution in [1.29, 1.82) is 0 Å². The Morgan fingerprint density at radius 3 is 2.57 bits per heavy atom. The number of nitrogens with zero attached hydrogens (tertiary/aromatic N) is 3. The molecule has 0 unspecified atom stereocenters. The van der Waals surface area contributed by atoms with E-state index in [0.717, 1.165) is 38.2 Å². The largest absolute Gasteiger partial charge is 0.335 e. The van der Waals surface area contributed by atoms with Gasteiger partial charge in [0.2, 0.25) is 0 Å². The molecule has 2 saturated heterocycles. The van der Waals surface area contributed by atoms with Crippen molar-refractivity contribution >= 4 is 11.7 Å². The van der Waals surface area contributed by atoms with Crippen LogP contribution in [-0.4, -0.2) is 48.3 Å². The number of anilines is 1. The molecular formula is C16H22N4O. The van der Waals surface area contributed by atoms with Crippen molar-refractivity contribution in [2.45, 2.75) is 18.4 Å². The lowest BCUT2D eigenvalue weighted by Gasteiger charge is -2.45. The molecule has 5 nitrogen and oxygen atoms in total. The topological polar surface area (TPSA) is 38.8 Å². The number of nitrogens with one attached hydrogen (secondary N) is 1. The van der Waals surface area contributed by atoms with Gasteiger partial charge in [-0.2, -0.15) is 0 Å². The third kappa shape index (κ3) is 2.38. The van der Waals surface area contributed by atoms with Gasteiger partial charge < -0.3 is 10.3 Å². The number of carbonyl (C=O) groups excluding carboxylic acids is 1. The summed E-state index contributed by atoms with van der Waals surface area (Å²) in [5.41, 5.74) is 0.884. The Hall–Kier alpha value is -2.01. The highest BCUT2D eigenvalue weighted by molar-refractivity contribution is 5.96. The van der Waals surface area contributed by atoms with Gasteiger partial charge in [0, 0.05) is 38.6 Å². The van der Waals surface area contributed by atoms with Crippen molar-refractivity contribution in [3.63, 3.8) is 0 Å². The monoisotopic (exact) mass is 286 g/mol. The van der Waals surface area contributed by atoms with Crippen LogP contribution in [-0.2, 0) is 0 Å². The van der Waals surface area contributed by atoms with Crippen molar-refractivity contribution in [2.24, 2.45) is 0 Å². The fraction of sp³-hybridized carbons (Fsp3) is 0.438. The Morgan fingerprint density at radius 1 is 1.29 bits per heavy atom. The first-order chi connectivity index (χ1) is 10.2. The van der Waals surface area contributed by atoms with Gasteiger partial charge >= 0.3 is 6.03 Å². The van der Waals surface area contributed by atoms with E-state index in [4.69, 9.17) is 0 Å². The lowest BCUT2D eigenvalue weighted by molar-refractivity contribution is 0.00849. The summed E-state index contributed by atoms with van der Waals surface area (Å²) in [6.07, 6.45) is 3.74. The van der Waals surface area contributed by atoms with Gasteiger partial charge in [0.05, 0.1) is 5.54 Å². The van der Waals surface area contributed by atoms with E-state index in [1.54, 1.807) is 0 Å². The standard InChI is InChI=1S/C16H22N4O/c1-3-18(2)19-11-9-16(10-12-19)13-17-15(21)20(16)14-7-5-4-6-8-14/h3-8H,1,9-13H2,2H3,(H,17,21). The second-order valence-corrected chi connectivity index (χ2v) is 5.76. The molecule has 112 valence electrons. The zero-order chi connectivity index (χ0) is 14.9. The molecule has 0 saturated carbocycles. The van der Waals surface area contributed by atoms with Crippen LogP contribution in [0.4, 0.5) is 10.5 Å². The normalized spacial score (nSPS) is 21.4. The van der Waals surface area contributed by atoms with Gasteiger partial charge in [-0.1, -0.05) is 24.8 Å². The van der Waals surface area contributed by atoms with Crippen LogP contribution in [0.1, 0.15) is 12.8 Å². The van der Waals surface area contributed by atoms with Crippen LogP contribution in [0.5, 0.6) is 0 Å². The average molecular weight is 286 g/mol. The Bertz CT molecular complexity index is 522. The molecule has 3 rings (SSSR count). The van der Waals surface area contributed by atoms with E-state index in [1.807, 2.05) is 53.5 Å². The van der Waals surface area contributed by atoms with Crippen molar-refractivity contribution < 1.29 is 4.79 Å². The number of hydrogen-bond donors (Lipinski definition) is 1. The van der Waals surface area contributed by atoms with E-state index in [1.165, 1.54) is 0 Å². The van der Waals surface area contributed by atoms with Crippen LogP contribution in [0, 0.1) is 0 Å². The minimum absolute atomic E-state index is 0.0201. The van der Waals surface area contributed by atoms with Gasteiger partial charge in [0.25, 0.3) is 0 Å². The Morgan fingerprint density at radius 2 is 1.95 bits per heavy atom. The number of para-hydroxylation sites is 1. The SMILES string of the molecule is C=CN(C)N1CCC2(CC1)CNC(=O)N2c1ccccc1. The summed E-state index contributed by atoms with van der Waals surface area (Å²) in [6.45, 7) is 6.40. The van der Waals surface area contributed by atoms with E-state index in [9.17, 15) is 4.79 Å². The van der Waals surface area contributed by atoms with E-state index in [-0.39, 0.29) is 11.6 Å². The maximum atomic E-state index is 12.3. The fourth-order valence-electron chi connectivity index (χ4n) is 3.32. The number of hydrazine groups is 1. The van der Waals surface area contributed by atoms with Gasteiger partial charge in [-0.05, 0) is 25.0 Å². The van der Waals surface area contributed by atoms with E-state index in [0.29, 0.717) is 0 Å². The second kappa shape index (κ2) is 5.41. The van der Waals surface area contributed by atoms with Crippen molar-refractivity contribution in [2.75, 3.05) is 31.6 Å². The number of carbonyl (C=O) groups is 1. The molecule has 0 aliphatic carbocycles. The smallest absolute Gasteiger partial charge is 0.322 e. The molecule has 2 aliphatic heterocycles. The predicted molar refractivity (Wildman–Crippen MR) is 83.8 cm³/mol. The highest BCUT2D eigenvalue weighted by atomic mass is 16.2. The summed E-state index contributed by atoms with van der Waals surface area (Å²) in [5, 5.41) is 7.32. The molecule has 1 aromatic carbocycles. The predicted octanol–water partition coefficient (Wildman–Crippen LogP) is 2.04. The number of benzene rings is 1. The van der Waals surface area contributed by atoms with Gasteiger partial charge in [-0.25, -0.2) is 9.80 Å². The minimum Gasteiger partial charge on any atom is -0.335 e. The molecule has 0 bridgehead atoms. The molecule has 1 N–H and O–H groups in total. The summed E-state index contributed by atoms with van der Waals surface area (Å²) in [4.78, 5) is 14.3. The summed E-state index contributed by atoms with van der Waals surface area (Å²) < 4.78 is 0. The molecule has 1 spiro atoms. The third-order valence-corrected chi connectivity index (χ3v) is 4.64. The van der Waals surface area contributed by atoms with Crippen LogP contribution in [0.25, 0.3) is 0 Å². The van der Waals surface area contributed by atoms with E-state index < -0.39 is 0 Å². The molecular weight excluding hydrogens is 264 g/mol. The van der Waals surface area contributed by atoms with E-state index >= 15 is 0 Å². The van der Waals surface area contributed by atoms with Gasteiger partial charge in [0.15, 0.2) is 0 Å². The van der Waals surface area contributed by atoms with Crippen molar-refractivity contribution in [1.82, 2.24) is 15.3 Å². The zero-order valence-electron chi connectivity index (χ0n) is 12.5.